The normalized spacial score (nSPS) is 12.1. The van der Waals surface area contributed by atoms with Crippen molar-refractivity contribution < 1.29 is 19.0 Å². The summed E-state index contributed by atoms with van der Waals surface area (Å²) >= 11 is 0. The molecule has 0 bridgehead atoms. The minimum absolute atomic E-state index is 0.255. The third-order valence-corrected chi connectivity index (χ3v) is 4.90. The van der Waals surface area contributed by atoms with Crippen molar-refractivity contribution in [3.63, 3.8) is 0 Å². The van der Waals surface area contributed by atoms with Gasteiger partial charge in [-0.25, -0.2) is 19.1 Å². The fraction of sp³-hybridized carbons (Fsp3) is 0.261. The fourth-order valence-electron chi connectivity index (χ4n) is 2.71. The SMILES string of the molecule is COc1ccc(N(C(=O)Nc2ccc(F)cc2)c2ccnc(N[C@@H](C)C(C)(C)O)n2)cc1. The Morgan fingerprint density at radius 3 is 2.38 bits per heavy atom. The van der Waals surface area contributed by atoms with Crippen molar-refractivity contribution in [1.29, 1.82) is 0 Å². The molecule has 0 aliphatic rings. The van der Waals surface area contributed by atoms with Crippen LogP contribution in [0.5, 0.6) is 5.75 Å². The van der Waals surface area contributed by atoms with E-state index in [1.807, 2.05) is 0 Å². The van der Waals surface area contributed by atoms with Crippen molar-refractivity contribution in [3.8, 4) is 5.75 Å². The molecule has 3 N–H and O–H groups in total. The van der Waals surface area contributed by atoms with Crippen molar-refractivity contribution in [3.05, 3.63) is 66.6 Å². The van der Waals surface area contributed by atoms with Gasteiger partial charge in [0.2, 0.25) is 5.95 Å². The van der Waals surface area contributed by atoms with Crippen molar-refractivity contribution in [2.24, 2.45) is 0 Å². The Balaban J connectivity index is 1.95. The molecule has 0 saturated carbocycles. The molecular formula is C23H26FN5O3. The molecule has 32 heavy (non-hydrogen) atoms. The van der Waals surface area contributed by atoms with Gasteiger partial charge in [0, 0.05) is 18.0 Å². The number of aliphatic hydroxyl groups is 1. The number of hydrogen-bond donors (Lipinski definition) is 3. The zero-order valence-electron chi connectivity index (χ0n) is 18.3. The summed E-state index contributed by atoms with van der Waals surface area (Å²) in [6.45, 7) is 5.15. The summed E-state index contributed by atoms with van der Waals surface area (Å²) in [5.41, 5.74) is -0.0433. The van der Waals surface area contributed by atoms with E-state index in [1.54, 1.807) is 58.2 Å². The van der Waals surface area contributed by atoms with Gasteiger partial charge in [0.25, 0.3) is 0 Å². The Labute approximate surface area is 186 Å². The van der Waals surface area contributed by atoms with Crippen LogP contribution in [0.4, 0.5) is 32.3 Å². The lowest BCUT2D eigenvalue weighted by atomic mass is 10.0. The molecule has 0 spiro atoms. The van der Waals surface area contributed by atoms with E-state index in [4.69, 9.17) is 4.74 Å². The van der Waals surface area contributed by atoms with Gasteiger partial charge in [-0.2, -0.15) is 4.98 Å². The van der Waals surface area contributed by atoms with Crippen LogP contribution in [0.1, 0.15) is 20.8 Å². The Hall–Kier alpha value is -3.72. The number of anilines is 4. The molecule has 0 aliphatic carbocycles. The summed E-state index contributed by atoms with van der Waals surface area (Å²) in [6, 6.07) is 13.1. The molecule has 1 atom stereocenters. The van der Waals surface area contributed by atoms with Crippen LogP contribution in [0, 0.1) is 5.82 Å². The number of methoxy groups -OCH3 is 1. The monoisotopic (exact) mass is 439 g/mol. The smallest absolute Gasteiger partial charge is 0.332 e. The van der Waals surface area contributed by atoms with E-state index in [-0.39, 0.29) is 12.0 Å². The summed E-state index contributed by atoms with van der Waals surface area (Å²) in [5.74, 6) is 0.791. The molecule has 3 aromatic rings. The number of halogens is 1. The molecule has 3 rings (SSSR count). The molecular weight excluding hydrogens is 413 g/mol. The fourth-order valence-corrected chi connectivity index (χ4v) is 2.71. The lowest BCUT2D eigenvalue weighted by molar-refractivity contribution is 0.0646. The zero-order valence-corrected chi connectivity index (χ0v) is 18.3. The first-order valence-corrected chi connectivity index (χ1v) is 10.00. The number of urea groups is 1. The van der Waals surface area contributed by atoms with Crippen molar-refractivity contribution in [2.45, 2.75) is 32.4 Å². The highest BCUT2D eigenvalue weighted by Crippen LogP contribution is 2.28. The predicted octanol–water partition coefficient (Wildman–Crippen LogP) is 4.57. The lowest BCUT2D eigenvalue weighted by Crippen LogP contribution is -2.40. The molecule has 0 radical (unpaired) electrons. The largest absolute Gasteiger partial charge is 0.497 e. The number of ether oxygens (including phenoxy) is 1. The molecule has 1 aromatic heterocycles. The number of carbonyl (C=O) groups excluding carboxylic acids is 1. The first-order valence-electron chi connectivity index (χ1n) is 10.00. The average Bonchev–Trinajstić information content (AvgIpc) is 2.76. The van der Waals surface area contributed by atoms with Crippen molar-refractivity contribution >= 4 is 29.2 Å². The first kappa shape index (κ1) is 23.0. The summed E-state index contributed by atoms with van der Waals surface area (Å²) in [7, 11) is 1.56. The Morgan fingerprint density at radius 2 is 1.78 bits per heavy atom. The molecule has 2 amide bonds. The molecule has 0 aliphatic heterocycles. The van der Waals surface area contributed by atoms with E-state index in [0.717, 1.165) is 0 Å². The number of carbonyl (C=O) groups is 1. The topological polar surface area (TPSA) is 99.6 Å². The third-order valence-electron chi connectivity index (χ3n) is 4.90. The van der Waals surface area contributed by atoms with Crippen LogP contribution in [-0.2, 0) is 0 Å². The maximum Gasteiger partial charge on any atom is 0.332 e. The van der Waals surface area contributed by atoms with Gasteiger partial charge in [-0.3, -0.25) is 0 Å². The molecule has 2 aromatic carbocycles. The Bertz CT molecular complexity index is 1050. The highest BCUT2D eigenvalue weighted by atomic mass is 19.1. The van der Waals surface area contributed by atoms with E-state index >= 15 is 0 Å². The number of rotatable bonds is 7. The van der Waals surface area contributed by atoms with Gasteiger partial charge < -0.3 is 20.5 Å². The molecule has 0 saturated heterocycles. The van der Waals surface area contributed by atoms with Crippen LogP contribution in [0.15, 0.2) is 60.8 Å². The highest BCUT2D eigenvalue weighted by Gasteiger charge is 2.24. The number of aromatic nitrogens is 2. The van der Waals surface area contributed by atoms with Crippen LogP contribution in [0.2, 0.25) is 0 Å². The number of amides is 2. The molecule has 8 nitrogen and oxygen atoms in total. The van der Waals surface area contributed by atoms with Gasteiger partial charge in [0.1, 0.15) is 17.4 Å². The van der Waals surface area contributed by atoms with Crippen LogP contribution in [0.25, 0.3) is 0 Å². The van der Waals surface area contributed by atoms with Crippen LogP contribution in [0.3, 0.4) is 0 Å². The quantitative estimate of drug-likeness (QED) is 0.499. The highest BCUT2D eigenvalue weighted by molar-refractivity contribution is 6.06. The van der Waals surface area contributed by atoms with E-state index < -0.39 is 17.4 Å². The van der Waals surface area contributed by atoms with E-state index in [9.17, 15) is 14.3 Å². The summed E-state index contributed by atoms with van der Waals surface area (Å²) in [4.78, 5) is 23.2. The van der Waals surface area contributed by atoms with Gasteiger partial charge >= 0.3 is 6.03 Å². The lowest BCUT2D eigenvalue weighted by Gasteiger charge is -2.27. The average molecular weight is 439 g/mol. The second kappa shape index (κ2) is 9.61. The molecule has 0 unspecified atom stereocenters. The minimum atomic E-state index is -1.00. The van der Waals surface area contributed by atoms with E-state index in [1.165, 1.54) is 35.4 Å². The maximum absolute atomic E-state index is 13.2. The van der Waals surface area contributed by atoms with Gasteiger partial charge in [0.15, 0.2) is 0 Å². The minimum Gasteiger partial charge on any atom is -0.497 e. The summed E-state index contributed by atoms with van der Waals surface area (Å²) in [6.07, 6.45) is 1.52. The maximum atomic E-state index is 13.2. The van der Waals surface area contributed by atoms with E-state index in [2.05, 4.69) is 20.6 Å². The zero-order chi connectivity index (χ0) is 23.3. The van der Waals surface area contributed by atoms with Gasteiger partial charge in [-0.15, -0.1) is 0 Å². The molecule has 1 heterocycles. The molecule has 168 valence electrons. The predicted molar refractivity (Wildman–Crippen MR) is 122 cm³/mol. The summed E-state index contributed by atoms with van der Waals surface area (Å²) < 4.78 is 18.4. The number of nitrogens with one attached hydrogen (secondary N) is 2. The van der Waals surface area contributed by atoms with Crippen molar-refractivity contribution in [1.82, 2.24) is 9.97 Å². The number of hydrogen-bond acceptors (Lipinski definition) is 6. The Kier molecular flexibility index (Phi) is 6.89. The van der Waals surface area contributed by atoms with Gasteiger partial charge in [-0.1, -0.05) is 0 Å². The standard InChI is InChI=1S/C23H26FN5O3/c1-15(23(2,3)31)26-21-25-14-13-20(28-21)29(18-9-11-19(32-4)12-10-18)22(30)27-17-7-5-16(24)6-8-17/h5-15,31H,1-4H3,(H,27,30)(H,25,26,28)/t15-/m0/s1. The third kappa shape index (κ3) is 5.70. The molecule has 9 heteroatoms. The Morgan fingerprint density at radius 1 is 1.12 bits per heavy atom. The molecule has 0 fully saturated rings. The second-order valence-corrected chi connectivity index (χ2v) is 7.73. The first-order chi connectivity index (χ1) is 15.2. The van der Waals surface area contributed by atoms with Gasteiger partial charge in [-0.05, 0) is 69.3 Å². The van der Waals surface area contributed by atoms with Crippen LogP contribution in [-0.4, -0.2) is 39.9 Å². The van der Waals surface area contributed by atoms with Gasteiger partial charge in [0.05, 0.1) is 24.4 Å². The van der Waals surface area contributed by atoms with E-state index in [0.29, 0.717) is 22.9 Å². The van der Waals surface area contributed by atoms with Crippen LogP contribution >= 0.6 is 0 Å². The second-order valence-electron chi connectivity index (χ2n) is 7.73. The number of benzene rings is 2. The van der Waals surface area contributed by atoms with Crippen LogP contribution < -0.4 is 20.3 Å². The number of nitrogens with zero attached hydrogens (tertiary/aromatic N) is 3. The van der Waals surface area contributed by atoms with Crippen molar-refractivity contribution in [2.75, 3.05) is 22.6 Å². The summed E-state index contributed by atoms with van der Waals surface area (Å²) in [5, 5.41) is 16.0.